The summed E-state index contributed by atoms with van der Waals surface area (Å²) in [7, 11) is 0. The summed E-state index contributed by atoms with van der Waals surface area (Å²) in [5, 5.41) is 1.14. The molecule has 0 atom stereocenters. The van der Waals surface area contributed by atoms with Crippen LogP contribution < -0.4 is 0 Å². The molecule has 2 aliphatic carbocycles. The van der Waals surface area contributed by atoms with Crippen molar-refractivity contribution < 1.29 is 0 Å². The molecule has 2 saturated carbocycles. The first kappa shape index (κ1) is 32.3. The van der Waals surface area contributed by atoms with Crippen molar-refractivity contribution in [2.24, 2.45) is 4.99 Å². The van der Waals surface area contributed by atoms with Gasteiger partial charge in [-0.25, -0.2) is 15.0 Å². The lowest BCUT2D eigenvalue weighted by Gasteiger charge is -2.36. The standard InChI is InChI=1S/C23H24N4.C22H23N5/c1-2-19(3-1)26-11-9-23-25-21-15-18(6-7-22(21)27(23)13-12-26)17-5-4-16-8-10-24-20(16)14-17;1-2-18(3-1)26-9-7-21-25-19-13-15(4-5-20(19)27(21)11-10-26)17-12-16-6-8-23-22(16)24-14-17/h4-7,10,14-15,19H,1-3,8-9,11-13H2;4-6,8,12-14,18H,1-3,7,9-11H2,(H,23,24). The van der Waals surface area contributed by atoms with Gasteiger partial charge in [-0.05, 0) is 90.4 Å². The van der Waals surface area contributed by atoms with Crippen molar-refractivity contribution in [3.8, 4) is 22.3 Å². The van der Waals surface area contributed by atoms with Crippen LogP contribution in [0.4, 0.5) is 5.69 Å². The number of nitrogens with one attached hydrogen (secondary N) is 1. The van der Waals surface area contributed by atoms with E-state index in [1.165, 1.54) is 83.5 Å². The summed E-state index contributed by atoms with van der Waals surface area (Å²) in [6, 6.07) is 26.0. The van der Waals surface area contributed by atoms with Gasteiger partial charge < -0.3 is 14.1 Å². The Kier molecular flexibility index (Phi) is 7.97. The molecule has 0 bridgehead atoms. The molecule has 12 rings (SSSR count). The number of hydrogen-bond acceptors (Lipinski definition) is 6. The quantitative estimate of drug-likeness (QED) is 0.198. The first-order valence-corrected chi connectivity index (χ1v) is 20.3. The zero-order valence-corrected chi connectivity index (χ0v) is 30.9. The Morgan fingerprint density at radius 3 is 1.83 bits per heavy atom. The largest absolute Gasteiger partial charge is 0.346 e. The van der Waals surface area contributed by atoms with Crippen LogP contribution in [-0.2, 0) is 32.4 Å². The minimum absolute atomic E-state index is 0.823. The third-order valence-electron chi connectivity index (χ3n) is 13.0. The first-order chi connectivity index (χ1) is 26.7. The fourth-order valence-corrected chi connectivity index (χ4v) is 9.38. The van der Waals surface area contributed by atoms with Crippen LogP contribution >= 0.6 is 0 Å². The van der Waals surface area contributed by atoms with Crippen molar-refractivity contribution in [3.63, 3.8) is 0 Å². The number of benzene rings is 3. The fraction of sp³-hybridized carbons (Fsp3) is 0.378. The van der Waals surface area contributed by atoms with Crippen LogP contribution in [0.2, 0.25) is 0 Å². The Morgan fingerprint density at radius 1 is 0.593 bits per heavy atom. The van der Waals surface area contributed by atoms with Crippen LogP contribution in [0.3, 0.4) is 0 Å². The van der Waals surface area contributed by atoms with Gasteiger partial charge in [0.1, 0.15) is 17.3 Å². The highest BCUT2D eigenvalue weighted by Crippen LogP contribution is 2.34. The highest BCUT2D eigenvalue weighted by Gasteiger charge is 2.29. The molecule has 5 aliphatic rings. The van der Waals surface area contributed by atoms with E-state index in [-0.39, 0.29) is 0 Å². The SMILES string of the molecule is C1=Nc2cc(-c3ccc4c(c3)nc3n4CCN(C4CCC4)CC3)ccc2C1.c1cc2cc(-c3ccc4c(c3)nc3n4CCN(C4CCC4)CC3)cnc2[nH]1. The van der Waals surface area contributed by atoms with Gasteiger partial charge in [0.25, 0.3) is 0 Å². The van der Waals surface area contributed by atoms with Crippen LogP contribution in [0.15, 0.2) is 84.1 Å². The van der Waals surface area contributed by atoms with Gasteiger partial charge in [0.15, 0.2) is 0 Å². The molecule has 7 heterocycles. The molecule has 0 saturated heterocycles. The Balaban J connectivity index is 0.000000126. The van der Waals surface area contributed by atoms with Crippen molar-refractivity contribution in [1.29, 1.82) is 0 Å². The average Bonchev–Trinajstić information content (AvgIpc) is 3.92. The predicted octanol–water partition coefficient (Wildman–Crippen LogP) is 8.36. The minimum atomic E-state index is 0.823. The second-order valence-corrected chi connectivity index (χ2v) is 16.0. The number of nitrogens with zero attached hydrogens (tertiary/aromatic N) is 8. The summed E-state index contributed by atoms with van der Waals surface area (Å²) < 4.78 is 4.89. The molecule has 0 amide bonds. The normalized spacial score (nSPS) is 19.1. The van der Waals surface area contributed by atoms with Gasteiger partial charge in [0.05, 0.1) is 27.8 Å². The van der Waals surface area contributed by atoms with E-state index in [1.807, 2.05) is 18.6 Å². The van der Waals surface area contributed by atoms with Crippen LogP contribution in [0.5, 0.6) is 0 Å². The zero-order valence-electron chi connectivity index (χ0n) is 30.9. The van der Waals surface area contributed by atoms with Gasteiger partial charge in [-0.1, -0.05) is 37.1 Å². The molecule has 3 aromatic carbocycles. The molecule has 7 aromatic rings. The van der Waals surface area contributed by atoms with Gasteiger partial charge in [0, 0.05) is 100 Å². The molecular weight excluding hydrogens is 667 g/mol. The molecule has 4 aromatic heterocycles. The van der Waals surface area contributed by atoms with Crippen molar-refractivity contribution >= 4 is 45.0 Å². The van der Waals surface area contributed by atoms with Crippen LogP contribution in [-0.4, -0.2) is 83.3 Å². The number of aromatic amines is 1. The Bertz CT molecular complexity index is 2550. The molecular formula is C45H47N9. The molecule has 3 aliphatic heterocycles. The topological polar surface area (TPSA) is 83.2 Å². The van der Waals surface area contributed by atoms with Crippen molar-refractivity contribution in [3.05, 3.63) is 96.3 Å². The first-order valence-electron chi connectivity index (χ1n) is 20.3. The van der Waals surface area contributed by atoms with Crippen molar-refractivity contribution in [1.82, 2.24) is 38.9 Å². The Morgan fingerprint density at radius 2 is 1.20 bits per heavy atom. The molecule has 54 heavy (non-hydrogen) atoms. The number of rotatable bonds is 4. The molecule has 2 fully saturated rings. The predicted molar refractivity (Wildman–Crippen MR) is 218 cm³/mol. The van der Waals surface area contributed by atoms with E-state index in [4.69, 9.17) is 9.97 Å². The van der Waals surface area contributed by atoms with E-state index in [2.05, 4.69) is 101 Å². The number of pyridine rings is 1. The number of H-pyrrole nitrogens is 1. The van der Waals surface area contributed by atoms with Crippen molar-refractivity contribution in [2.75, 3.05) is 26.2 Å². The number of aromatic nitrogens is 6. The van der Waals surface area contributed by atoms with E-state index in [0.29, 0.717) is 0 Å². The van der Waals surface area contributed by atoms with Gasteiger partial charge in [-0.2, -0.15) is 0 Å². The number of hydrogen-bond donors (Lipinski definition) is 1. The summed E-state index contributed by atoms with van der Waals surface area (Å²) in [5.41, 5.74) is 12.9. The van der Waals surface area contributed by atoms with E-state index in [0.717, 1.165) is 104 Å². The van der Waals surface area contributed by atoms with Crippen LogP contribution in [0.1, 0.15) is 55.7 Å². The van der Waals surface area contributed by atoms with E-state index in [9.17, 15) is 0 Å². The number of fused-ring (bicyclic) bond motifs is 8. The molecule has 9 nitrogen and oxygen atoms in total. The fourth-order valence-electron chi connectivity index (χ4n) is 9.38. The summed E-state index contributed by atoms with van der Waals surface area (Å²) in [4.78, 5) is 27.6. The maximum absolute atomic E-state index is 5.02. The zero-order chi connectivity index (χ0) is 35.6. The van der Waals surface area contributed by atoms with E-state index < -0.39 is 0 Å². The second kappa shape index (κ2) is 13.3. The van der Waals surface area contributed by atoms with Gasteiger partial charge >= 0.3 is 0 Å². The molecule has 272 valence electrons. The van der Waals surface area contributed by atoms with Crippen LogP contribution in [0, 0.1) is 0 Å². The summed E-state index contributed by atoms with van der Waals surface area (Å²) >= 11 is 0. The summed E-state index contributed by atoms with van der Waals surface area (Å²) in [6.45, 7) is 6.74. The third kappa shape index (κ3) is 5.76. The lowest BCUT2D eigenvalue weighted by atomic mass is 9.91. The maximum Gasteiger partial charge on any atom is 0.137 e. The Hall–Kier alpha value is -5.12. The maximum atomic E-state index is 5.02. The molecule has 9 heteroatoms. The summed E-state index contributed by atoms with van der Waals surface area (Å²) in [6.07, 6.45) is 17.3. The number of imidazole rings is 2. The third-order valence-corrected chi connectivity index (χ3v) is 13.0. The molecule has 0 unspecified atom stereocenters. The monoisotopic (exact) mass is 713 g/mol. The van der Waals surface area contributed by atoms with Crippen molar-refractivity contribution in [2.45, 2.75) is 83.0 Å². The molecule has 0 spiro atoms. The average molecular weight is 714 g/mol. The van der Waals surface area contributed by atoms with Crippen LogP contribution in [0.25, 0.3) is 55.4 Å². The molecule has 0 radical (unpaired) electrons. The van der Waals surface area contributed by atoms with E-state index >= 15 is 0 Å². The minimum Gasteiger partial charge on any atom is -0.346 e. The summed E-state index contributed by atoms with van der Waals surface area (Å²) in [5.74, 6) is 2.49. The van der Waals surface area contributed by atoms with E-state index in [1.54, 1.807) is 0 Å². The lowest BCUT2D eigenvalue weighted by molar-refractivity contribution is 0.130. The van der Waals surface area contributed by atoms with Gasteiger partial charge in [-0.15, -0.1) is 0 Å². The highest BCUT2D eigenvalue weighted by atomic mass is 15.2. The van der Waals surface area contributed by atoms with Gasteiger partial charge in [-0.3, -0.25) is 14.8 Å². The molecule has 1 N–H and O–H groups in total. The van der Waals surface area contributed by atoms with Gasteiger partial charge in [0.2, 0.25) is 0 Å². The smallest absolute Gasteiger partial charge is 0.137 e. The number of aliphatic imine (C=N–C) groups is 1. The lowest BCUT2D eigenvalue weighted by Crippen LogP contribution is -2.41. The second-order valence-electron chi connectivity index (χ2n) is 16.0. The highest BCUT2D eigenvalue weighted by molar-refractivity contribution is 5.87. The Labute approximate surface area is 315 Å².